The van der Waals surface area contributed by atoms with Crippen molar-refractivity contribution in [1.82, 2.24) is 20.5 Å². The number of nitrogens with one attached hydrogen (secondary N) is 4. The Hall–Kier alpha value is -3.53. The molecule has 32 heavy (non-hydrogen) atoms. The van der Waals surface area contributed by atoms with Crippen LogP contribution in [0.5, 0.6) is 0 Å². The minimum Gasteiger partial charge on any atom is -0.394 e. The van der Waals surface area contributed by atoms with Crippen LogP contribution in [-0.2, 0) is 11.3 Å². The van der Waals surface area contributed by atoms with Crippen molar-refractivity contribution in [3.63, 3.8) is 0 Å². The van der Waals surface area contributed by atoms with Gasteiger partial charge in [-0.05, 0) is 36.6 Å². The first kappa shape index (κ1) is 21.7. The summed E-state index contributed by atoms with van der Waals surface area (Å²) in [6.07, 6.45) is 2.21. The molecule has 0 spiro atoms. The van der Waals surface area contributed by atoms with E-state index in [1.165, 1.54) is 25.1 Å². The van der Waals surface area contributed by atoms with Crippen molar-refractivity contribution in [2.75, 3.05) is 17.2 Å². The Morgan fingerprint density at radius 1 is 1.22 bits per heavy atom. The number of nitrogens with zero attached hydrogens (tertiary/aromatic N) is 2. The Morgan fingerprint density at radius 3 is 2.62 bits per heavy atom. The minimum atomic E-state index is -0.621. The summed E-state index contributed by atoms with van der Waals surface area (Å²) < 4.78 is 28.1. The molecule has 4 rings (SSSR count). The van der Waals surface area contributed by atoms with E-state index in [0.717, 1.165) is 18.5 Å². The highest BCUT2D eigenvalue weighted by molar-refractivity contribution is 5.73. The number of aromatic nitrogens is 3. The van der Waals surface area contributed by atoms with Gasteiger partial charge in [0.05, 0.1) is 12.6 Å². The zero-order chi connectivity index (χ0) is 22.7. The minimum absolute atomic E-state index is 0.0394. The quantitative estimate of drug-likeness (QED) is 0.347. The molecule has 1 aliphatic carbocycles. The smallest absolute Gasteiger partial charge is 0.217 e. The van der Waals surface area contributed by atoms with Crippen LogP contribution >= 0.6 is 0 Å². The second kappa shape index (κ2) is 9.31. The molecule has 10 heteroatoms. The van der Waals surface area contributed by atoms with Gasteiger partial charge in [-0.1, -0.05) is 12.1 Å². The van der Waals surface area contributed by atoms with Crippen LogP contribution in [0.15, 0.2) is 36.4 Å². The number of H-pyrrole nitrogens is 1. The maximum atomic E-state index is 14.8. The van der Waals surface area contributed by atoms with E-state index < -0.39 is 17.7 Å². The third-order valence-corrected chi connectivity index (χ3v) is 5.21. The number of carbonyl (C=O) groups is 1. The zero-order valence-electron chi connectivity index (χ0n) is 17.5. The lowest BCUT2D eigenvalue weighted by Crippen LogP contribution is -2.22. The number of halogens is 2. The Morgan fingerprint density at radius 2 is 1.97 bits per heavy atom. The molecule has 1 fully saturated rings. The molecule has 2 aromatic heterocycles. The average Bonchev–Trinajstić information content (AvgIpc) is 3.52. The number of benzene rings is 1. The SMILES string of the molecule is CC(=O)NCc1cc(F)c(Nc2cc(C3CC3)[nH]n2)nc1N[C@@H](CO)c1ccc(F)cc1. The maximum Gasteiger partial charge on any atom is 0.217 e. The molecule has 1 aliphatic rings. The fourth-order valence-electron chi connectivity index (χ4n) is 3.31. The number of anilines is 3. The zero-order valence-corrected chi connectivity index (χ0v) is 17.5. The predicted octanol–water partition coefficient (Wildman–Crippen LogP) is 3.49. The fourth-order valence-corrected chi connectivity index (χ4v) is 3.31. The second-order valence-corrected chi connectivity index (χ2v) is 7.78. The van der Waals surface area contributed by atoms with Gasteiger partial charge < -0.3 is 21.1 Å². The van der Waals surface area contributed by atoms with Crippen LogP contribution in [0.2, 0.25) is 0 Å². The van der Waals surface area contributed by atoms with Gasteiger partial charge in [-0.25, -0.2) is 13.8 Å². The molecule has 1 saturated carbocycles. The number of amides is 1. The van der Waals surface area contributed by atoms with Crippen LogP contribution in [0.4, 0.5) is 26.2 Å². The van der Waals surface area contributed by atoms with Crippen molar-refractivity contribution in [3.8, 4) is 0 Å². The molecule has 3 aromatic rings. The summed E-state index contributed by atoms with van der Waals surface area (Å²) in [5, 5.41) is 25.6. The number of pyridine rings is 1. The third-order valence-electron chi connectivity index (χ3n) is 5.21. The van der Waals surface area contributed by atoms with Crippen LogP contribution < -0.4 is 16.0 Å². The highest BCUT2D eigenvalue weighted by Gasteiger charge is 2.26. The molecule has 1 atom stereocenters. The van der Waals surface area contributed by atoms with Crippen LogP contribution in [0, 0.1) is 11.6 Å². The summed E-state index contributed by atoms with van der Waals surface area (Å²) in [5.41, 5.74) is 2.01. The van der Waals surface area contributed by atoms with Crippen molar-refractivity contribution < 1.29 is 18.7 Å². The molecule has 0 unspecified atom stereocenters. The number of rotatable bonds is 9. The summed E-state index contributed by atoms with van der Waals surface area (Å²) in [4.78, 5) is 15.7. The summed E-state index contributed by atoms with van der Waals surface area (Å²) in [5.74, 6) is -0.167. The molecule has 0 radical (unpaired) electrons. The lowest BCUT2D eigenvalue weighted by molar-refractivity contribution is -0.119. The van der Waals surface area contributed by atoms with Crippen LogP contribution in [0.3, 0.4) is 0 Å². The highest BCUT2D eigenvalue weighted by atomic mass is 19.1. The van der Waals surface area contributed by atoms with Gasteiger partial charge in [-0.3, -0.25) is 9.89 Å². The third kappa shape index (κ3) is 5.20. The van der Waals surface area contributed by atoms with Crippen molar-refractivity contribution in [1.29, 1.82) is 0 Å². The van der Waals surface area contributed by atoms with Gasteiger partial charge >= 0.3 is 0 Å². The molecule has 5 N–H and O–H groups in total. The summed E-state index contributed by atoms with van der Waals surface area (Å²) in [6.45, 7) is 1.09. The molecule has 8 nitrogen and oxygen atoms in total. The topological polar surface area (TPSA) is 115 Å². The first-order valence-corrected chi connectivity index (χ1v) is 10.3. The summed E-state index contributed by atoms with van der Waals surface area (Å²) >= 11 is 0. The van der Waals surface area contributed by atoms with E-state index in [0.29, 0.717) is 22.9 Å². The van der Waals surface area contributed by atoms with Gasteiger partial charge in [0, 0.05) is 36.7 Å². The van der Waals surface area contributed by atoms with Gasteiger partial charge in [0.1, 0.15) is 11.6 Å². The molecule has 168 valence electrons. The molecular weight excluding hydrogens is 418 g/mol. The van der Waals surface area contributed by atoms with E-state index in [2.05, 4.69) is 31.1 Å². The monoisotopic (exact) mass is 442 g/mol. The maximum absolute atomic E-state index is 14.8. The van der Waals surface area contributed by atoms with Crippen LogP contribution in [0.1, 0.15) is 48.5 Å². The normalized spacial score (nSPS) is 14.1. The van der Waals surface area contributed by atoms with E-state index in [-0.39, 0.29) is 30.7 Å². The summed E-state index contributed by atoms with van der Waals surface area (Å²) in [6, 6.07) is 8.14. The Labute approximate surface area is 183 Å². The number of aliphatic hydroxyl groups is 1. The lowest BCUT2D eigenvalue weighted by atomic mass is 10.1. The van der Waals surface area contributed by atoms with Crippen molar-refractivity contribution >= 4 is 23.4 Å². The molecule has 0 bridgehead atoms. The molecule has 0 saturated heterocycles. The van der Waals surface area contributed by atoms with Gasteiger partial charge in [0.15, 0.2) is 17.5 Å². The molecule has 0 aliphatic heterocycles. The number of aliphatic hydroxyl groups excluding tert-OH is 1. The first-order valence-electron chi connectivity index (χ1n) is 10.3. The van der Waals surface area contributed by atoms with E-state index >= 15 is 0 Å². The molecule has 1 amide bonds. The first-order chi connectivity index (χ1) is 15.4. The van der Waals surface area contributed by atoms with Gasteiger partial charge in [0.2, 0.25) is 5.91 Å². The molecular formula is C22H24F2N6O2. The van der Waals surface area contributed by atoms with E-state index in [9.17, 15) is 18.7 Å². The number of hydrogen-bond donors (Lipinski definition) is 5. The number of carbonyl (C=O) groups excluding carboxylic acids is 1. The van der Waals surface area contributed by atoms with Crippen LogP contribution in [0.25, 0.3) is 0 Å². The Balaban J connectivity index is 1.62. The van der Waals surface area contributed by atoms with Crippen molar-refractivity contribution in [2.45, 2.75) is 38.3 Å². The molecule has 2 heterocycles. The summed E-state index contributed by atoms with van der Waals surface area (Å²) in [7, 11) is 0. The van der Waals surface area contributed by atoms with E-state index in [1.807, 2.05) is 6.07 Å². The van der Waals surface area contributed by atoms with Gasteiger partial charge in [-0.15, -0.1) is 0 Å². The standard InChI is InChI=1S/C22H24F2N6O2/c1-12(32)25-10-15-8-17(24)22(27-20-9-18(29-30-20)13-2-3-13)28-21(15)26-19(11-31)14-4-6-16(23)7-5-14/h4-9,13,19,31H,2-3,10-11H2,1H3,(H,25,32)(H3,26,27,28,29,30)/t19-/m0/s1. The van der Waals surface area contributed by atoms with E-state index in [4.69, 9.17) is 0 Å². The highest BCUT2D eigenvalue weighted by Crippen LogP contribution is 2.39. The second-order valence-electron chi connectivity index (χ2n) is 7.78. The van der Waals surface area contributed by atoms with Crippen LogP contribution in [-0.4, -0.2) is 32.8 Å². The van der Waals surface area contributed by atoms with E-state index in [1.54, 1.807) is 12.1 Å². The number of hydrogen-bond acceptors (Lipinski definition) is 6. The van der Waals surface area contributed by atoms with Gasteiger partial charge in [0.25, 0.3) is 0 Å². The van der Waals surface area contributed by atoms with Crippen molar-refractivity contribution in [2.24, 2.45) is 0 Å². The Bertz CT molecular complexity index is 1100. The van der Waals surface area contributed by atoms with Crippen molar-refractivity contribution in [3.05, 3.63) is 64.9 Å². The molecule has 1 aromatic carbocycles. The predicted molar refractivity (Wildman–Crippen MR) is 115 cm³/mol. The average molecular weight is 442 g/mol. The lowest BCUT2D eigenvalue weighted by Gasteiger charge is -2.21. The Kier molecular flexibility index (Phi) is 6.31. The largest absolute Gasteiger partial charge is 0.394 e. The fraction of sp³-hybridized carbons (Fsp3) is 0.318. The van der Waals surface area contributed by atoms with Gasteiger partial charge in [-0.2, -0.15) is 5.10 Å². The number of aromatic amines is 1.